The first-order valence-corrected chi connectivity index (χ1v) is 9.01. The molecule has 1 saturated heterocycles. The van der Waals surface area contributed by atoms with Gasteiger partial charge in [0.2, 0.25) is 5.91 Å². The quantitative estimate of drug-likeness (QED) is 0.916. The molecule has 0 unspecified atom stereocenters. The number of carbonyl (C=O) groups excluding carboxylic acids is 1. The summed E-state index contributed by atoms with van der Waals surface area (Å²) in [5.41, 5.74) is 5.32. The van der Waals surface area contributed by atoms with Crippen molar-refractivity contribution in [3.05, 3.63) is 17.0 Å². The molecule has 1 aliphatic heterocycles. The van der Waals surface area contributed by atoms with Crippen LogP contribution >= 0.6 is 11.3 Å². The number of piperidine rings is 1. The van der Waals surface area contributed by atoms with E-state index in [1.54, 1.807) is 6.07 Å². The predicted octanol–water partition coefficient (Wildman–Crippen LogP) is 1.58. The van der Waals surface area contributed by atoms with Gasteiger partial charge in [0.25, 0.3) is 10.0 Å². The maximum absolute atomic E-state index is 12.7. The number of sulfonamides is 1. The van der Waals surface area contributed by atoms with E-state index in [9.17, 15) is 13.2 Å². The molecule has 1 aliphatic rings. The number of primary amides is 1. The van der Waals surface area contributed by atoms with Crippen LogP contribution in [0, 0.1) is 5.92 Å². The van der Waals surface area contributed by atoms with Gasteiger partial charge in [-0.2, -0.15) is 4.31 Å². The molecule has 1 aromatic rings. The summed E-state index contributed by atoms with van der Waals surface area (Å²) in [5.74, 6) is -0.802. The van der Waals surface area contributed by atoms with E-state index in [4.69, 9.17) is 5.73 Å². The second-order valence-corrected chi connectivity index (χ2v) is 8.46. The molecule has 1 fully saturated rings. The van der Waals surface area contributed by atoms with Gasteiger partial charge in [-0.25, -0.2) is 8.42 Å². The standard InChI is InChI=1S/C13H20N2O3S2/c1-3-11-6-7-12(19-11)20(17,18)15-8-10(13(14)16)5-4-9(15)2/h6-7,9-10H,3-5,8H2,1-2H3,(H2,14,16)/t9-,10-/m0/s1. The number of amides is 1. The Morgan fingerprint density at radius 1 is 1.45 bits per heavy atom. The molecule has 5 nitrogen and oxygen atoms in total. The first-order chi connectivity index (χ1) is 9.36. The Bertz CT molecular complexity index is 595. The molecule has 0 bridgehead atoms. The number of thiophene rings is 1. The van der Waals surface area contributed by atoms with Crippen LogP contribution in [0.25, 0.3) is 0 Å². The second-order valence-electron chi connectivity index (χ2n) is 5.17. The molecule has 1 aromatic heterocycles. The predicted molar refractivity (Wildman–Crippen MR) is 79.0 cm³/mol. The van der Waals surface area contributed by atoms with Crippen molar-refractivity contribution in [2.24, 2.45) is 11.7 Å². The molecule has 0 radical (unpaired) electrons. The lowest BCUT2D eigenvalue weighted by molar-refractivity contribution is -0.123. The van der Waals surface area contributed by atoms with Gasteiger partial charge in [0.1, 0.15) is 4.21 Å². The highest BCUT2D eigenvalue weighted by Gasteiger charge is 2.37. The van der Waals surface area contributed by atoms with Gasteiger partial charge in [-0.05, 0) is 38.3 Å². The fourth-order valence-electron chi connectivity index (χ4n) is 2.44. The lowest BCUT2D eigenvalue weighted by Gasteiger charge is -2.35. The summed E-state index contributed by atoms with van der Waals surface area (Å²) in [4.78, 5) is 12.4. The summed E-state index contributed by atoms with van der Waals surface area (Å²) in [6, 6.07) is 3.40. The fourth-order valence-corrected chi connectivity index (χ4v) is 5.58. The zero-order valence-electron chi connectivity index (χ0n) is 11.7. The Balaban J connectivity index is 2.29. The van der Waals surface area contributed by atoms with Crippen LogP contribution in [-0.2, 0) is 21.2 Å². The Kier molecular flexibility index (Phi) is 4.51. The number of hydrogen-bond acceptors (Lipinski definition) is 4. The average molecular weight is 316 g/mol. The molecule has 0 aliphatic carbocycles. The van der Waals surface area contributed by atoms with Crippen molar-refractivity contribution in [3.63, 3.8) is 0 Å². The van der Waals surface area contributed by atoms with Crippen molar-refractivity contribution < 1.29 is 13.2 Å². The smallest absolute Gasteiger partial charge is 0.252 e. The van der Waals surface area contributed by atoms with Crippen LogP contribution in [0.1, 0.15) is 31.6 Å². The van der Waals surface area contributed by atoms with Gasteiger partial charge in [-0.1, -0.05) is 6.92 Å². The first-order valence-electron chi connectivity index (χ1n) is 6.76. The van der Waals surface area contributed by atoms with E-state index in [2.05, 4.69) is 0 Å². The third-order valence-electron chi connectivity index (χ3n) is 3.78. The highest BCUT2D eigenvalue weighted by atomic mass is 32.2. The molecule has 20 heavy (non-hydrogen) atoms. The summed E-state index contributed by atoms with van der Waals surface area (Å²) < 4.78 is 27.1. The summed E-state index contributed by atoms with van der Waals surface area (Å²) in [6.07, 6.45) is 2.14. The van der Waals surface area contributed by atoms with E-state index >= 15 is 0 Å². The Hall–Kier alpha value is -0.920. The highest BCUT2D eigenvalue weighted by molar-refractivity contribution is 7.91. The fraction of sp³-hybridized carbons (Fsp3) is 0.615. The molecule has 1 amide bonds. The van der Waals surface area contributed by atoms with Crippen LogP contribution < -0.4 is 5.73 Å². The van der Waals surface area contributed by atoms with Gasteiger partial charge in [0.15, 0.2) is 0 Å². The zero-order chi connectivity index (χ0) is 14.9. The topological polar surface area (TPSA) is 80.5 Å². The minimum Gasteiger partial charge on any atom is -0.369 e. The number of nitrogens with two attached hydrogens (primary N) is 1. The summed E-state index contributed by atoms with van der Waals surface area (Å²) in [6.45, 7) is 4.07. The van der Waals surface area contributed by atoms with Gasteiger partial charge >= 0.3 is 0 Å². The molecule has 7 heteroatoms. The van der Waals surface area contributed by atoms with Crippen LogP contribution in [0.4, 0.5) is 0 Å². The lowest BCUT2D eigenvalue weighted by atomic mass is 9.95. The number of hydrogen-bond donors (Lipinski definition) is 1. The van der Waals surface area contributed by atoms with E-state index in [1.807, 2.05) is 19.9 Å². The average Bonchev–Trinajstić information content (AvgIpc) is 2.88. The first kappa shape index (κ1) is 15.5. The normalized spacial score (nSPS) is 24.7. The van der Waals surface area contributed by atoms with Crippen molar-refractivity contribution in [3.8, 4) is 0 Å². The number of carbonyl (C=O) groups is 1. The van der Waals surface area contributed by atoms with Crippen molar-refractivity contribution in [1.29, 1.82) is 0 Å². The minimum atomic E-state index is -3.52. The van der Waals surface area contributed by atoms with Gasteiger partial charge < -0.3 is 5.73 Å². The SMILES string of the molecule is CCc1ccc(S(=O)(=O)N2C[C@@H](C(N)=O)CC[C@@H]2C)s1. The molecule has 2 N–H and O–H groups in total. The van der Waals surface area contributed by atoms with Crippen LogP contribution in [0.3, 0.4) is 0 Å². The van der Waals surface area contributed by atoms with Gasteiger partial charge in [-0.15, -0.1) is 11.3 Å². The second kappa shape index (κ2) is 5.83. The molecule has 112 valence electrons. The monoisotopic (exact) mass is 316 g/mol. The van der Waals surface area contributed by atoms with Crippen LogP contribution in [0.5, 0.6) is 0 Å². The number of aryl methyl sites for hydroxylation is 1. The van der Waals surface area contributed by atoms with Crippen molar-refractivity contribution >= 4 is 27.3 Å². The van der Waals surface area contributed by atoms with Crippen molar-refractivity contribution in [2.45, 2.75) is 43.4 Å². The number of rotatable bonds is 4. The van der Waals surface area contributed by atoms with E-state index < -0.39 is 15.9 Å². The molecule has 0 spiro atoms. The summed E-state index contributed by atoms with van der Waals surface area (Å²) >= 11 is 1.30. The molecular formula is C13H20N2O3S2. The Morgan fingerprint density at radius 3 is 2.70 bits per heavy atom. The van der Waals surface area contributed by atoms with E-state index in [0.29, 0.717) is 17.1 Å². The Morgan fingerprint density at radius 2 is 2.15 bits per heavy atom. The molecule has 2 heterocycles. The summed E-state index contributed by atoms with van der Waals surface area (Å²) in [7, 11) is -3.52. The minimum absolute atomic E-state index is 0.0947. The largest absolute Gasteiger partial charge is 0.369 e. The van der Waals surface area contributed by atoms with Crippen LogP contribution in [0.15, 0.2) is 16.3 Å². The van der Waals surface area contributed by atoms with E-state index in [1.165, 1.54) is 15.6 Å². The van der Waals surface area contributed by atoms with Gasteiger partial charge in [0, 0.05) is 17.5 Å². The molecule has 2 atom stereocenters. The highest BCUT2D eigenvalue weighted by Crippen LogP contribution is 2.31. The molecule has 0 aromatic carbocycles. The maximum atomic E-state index is 12.7. The third-order valence-corrected chi connectivity index (χ3v) is 7.45. The van der Waals surface area contributed by atoms with E-state index in [-0.39, 0.29) is 18.5 Å². The summed E-state index contributed by atoms with van der Waals surface area (Å²) in [5, 5.41) is 0. The third kappa shape index (κ3) is 2.89. The lowest BCUT2D eigenvalue weighted by Crippen LogP contribution is -2.48. The van der Waals surface area contributed by atoms with Crippen LogP contribution in [-0.4, -0.2) is 31.2 Å². The number of nitrogens with zero attached hydrogens (tertiary/aromatic N) is 1. The van der Waals surface area contributed by atoms with E-state index in [0.717, 1.165) is 11.3 Å². The zero-order valence-corrected chi connectivity index (χ0v) is 13.3. The van der Waals surface area contributed by atoms with Gasteiger partial charge in [-0.3, -0.25) is 4.79 Å². The van der Waals surface area contributed by atoms with Crippen molar-refractivity contribution in [2.75, 3.05) is 6.54 Å². The molecular weight excluding hydrogens is 296 g/mol. The van der Waals surface area contributed by atoms with Gasteiger partial charge in [0.05, 0.1) is 5.92 Å². The van der Waals surface area contributed by atoms with Crippen molar-refractivity contribution in [1.82, 2.24) is 4.31 Å². The molecule has 0 saturated carbocycles. The van der Waals surface area contributed by atoms with Crippen LogP contribution in [0.2, 0.25) is 0 Å². The maximum Gasteiger partial charge on any atom is 0.252 e. The molecule has 2 rings (SSSR count). The Labute approximate surface area is 123 Å².